The van der Waals surface area contributed by atoms with Gasteiger partial charge in [0, 0.05) is 5.02 Å². The van der Waals surface area contributed by atoms with Gasteiger partial charge in [-0.25, -0.2) is 13.2 Å². The van der Waals surface area contributed by atoms with Crippen LogP contribution in [0.15, 0.2) is 77.7 Å². The Labute approximate surface area is 203 Å². The lowest BCUT2D eigenvalue weighted by Crippen LogP contribution is -2.38. The number of halogens is 1. The number of hydrogen-bond donors (Lipinski definition) is 1. The lowest BCUT2D eigenvalue weighted by molar-refractivity contribution is -0.114. The van der Waals surface area contributed by atoms with Crippen molar-refractivity contribution in [2.24, 2.45) is 0 Å². The molecule has 0 spiro atoms. The summed E-state index contributed by atoms with van der Waals surface area (Å²) < 4.78 is 38.1. The predicted octanol–water partition coefficient (Wildman–Crippen LogP) is 4.36. The van der Waals surface area contributed by atoms with Crippen molar-refractivity contribution in [2.75, 3.05) is 29.9 Å². The number of nitrogens with zero attached hydrogens (tertiary/aromatic N) is 1. The summed E-state index contributed by atoms with van der Waals surface area (Å²) >= 11 is 5.91. The molecule has 0 aliphatic rings. The number of para-hydroxylation sites is 1. The van der Waals surface area contributed by atoms with E-state index < -0.39 is 28.4 Å². The number of nitrogens with one attached hydrogen (secondary N) is 1. The Morgan fingerprint density at radius 1 is 0.971 bits per heavy atom. The summed E-state index contributed by atoms with van der Waals surface area (Å²) in [6.07, 6.45) is 0. The number of ether oxygens (including phenoxy) is 2. The highest BCUT2D eigenvalue weighted by Crippen LogP contribution is 2.27. The van der Waals surface area contributed by atoms with Gasteiger partial charge >= 0.3 is 5.97 Å². The van der Waals surface area contributed by atoms with Crippen molar-refractivity contribution in [3.63, 3.8) is 0 Å². The number of anilines is 2. The maximum Gasteiger partial charge on any atom is 0.339 e. The smallest absolute Gasteiger partial charge is 0.339 e. The van der Waals surface area contributed by atoms with Crippen LogP contribution >= 0.6 is 11.6 Å². The molecule has 3 rings (SSSR count). The van der Waals surface area contributed by atoms with E-state index in [4.69, 9.17) is 21.1 Å². The Morgan fingerprint density at radius 2 is 1.62 bits per heavy atom. The molecule has 0 aliphatic carbocycles. The zero-order chi connectivity index (χ0) is 24.7. The molecule has 0 radical (unpaired) electrons. The minimum absolute atomic E-state index is 0.0338. The van der Waals surface area contributed by atoms with Crippen LogP contribution in [0.4, 0.5) is 11.4 Å². The molecule has 34 heavy (non-hydrogen) atoms. The highest BCUT2D eigenvalue weighted by molar-refractivity contribution is 7.92. The quantitative estimate of drug-likeness (QED) is 0.436. The number of sulfonamides is 1. The van der Waals surface area contributed by atoms with Crippen LogP contribution in [0.3, 0.4) is 0 Å². The van der Waals surface area contributed by atoms with Crippen molar-refractivity contribution in [3.8, 4) is 5.75 Å². The second kappa shape index (κ2) is 11.0. The third-order valence-electron chi connectivity index (χ3n) is 4.73. The lowest BCUT2D eigenvalue weighted by atomic mass is 10.2. The maximum absolute atomic E-state index is 13.5. The average Bonchev–Trinajstić information content (AvgIpc) is 2.83. The van der Waals surface area contributed by atoms with Crippen LogP contribution in [0.5, 0.6) is 5.75 Å². The molecule has 178 valence electrons. The topological polar surface area (TPSA) is 102 Å². The summed E-state index contributed by atoms with van der Waals surface area (Å²) in [5, 5.41) is 2.98. The third-order valence-corrected chi connectivity index (χ3v) is 6.77. The van der Waals surface area contributed by atoms with Crippen molar-refractivity contribution in [3.05, 3.63) is 83.4 Å². The molecule has 3 aromatic carbocycles. The molecule has 10 heteroatoms. The molecular weight excluding hydrogens is 480 g/mol. The van der Waals surface area contributed by atoms with Crippen LogP contribution in [0.2, 0.25) is 5.02 Å². The van der Waals surface area contributed by atoms with Crippen LogP contribution in [-0.4, -0.2) is 40.6 Å². The van der Waals surface area contributed by atoms with E-state index in [1.54, 1.807) is 36.4 Å². The molecule has 8 nitrogen and oxygen atoms in total. The fraction of sp³-hybridized carbons (Fsp3) is 0.167. The van der Waals surface area contributed by atoms with Gasteiger partial charge in [0.1, 0.15) is 12.3 Å². The number of benzene rings is 3. The first-order valence-corrected chi connectivity index (χ1v) is 12.1. The molecule has 0 heterocycles. The summed E-state index contributed by atoms with van der Waals surface area (Å²) in [6, 6.07) is 18.3. The second-order valence-electron chi connectivity index (χ2n) is 6.98. The number of carbonyl (C=O) groups is 2. The van der Waals surface area contributed by atoms with Crippen molar-refractivity contribution < 1.29 is 27.5 Å². The van der Waals surface area contributed by atoms with Crippen molar-refractivity contribution >= 4 is 44.9 Å². The summed E-state index contributed by atoms with van der Waals surface area (Å²) in [5.41, 5.74) is 0.608. The molecule has 0 saturated heterocycles. The normalized spacial score (nSPS) is 10.9. The molecule has 0 fully saturated rings. The van der Waals surface area contributed by atoms with E-state index in [1.807, 2.05) is 6.92 Å². The van der Waals surface area contributed by atoms with Crippen LogP contribution < -0.4 is 14.4 Å². The second-order valence-corrected chi connectivity index (χ2v) is 9.28. The van der Waals surface area contributed by atoms with E-state index in [1.165, 1.54) is 43.5 Å². The van der Waals surface area contributed by atoms with Gasteiger partial charge in [-0.1, -0.05) is 23.7 Å². The molecule has 1 amide bonds. The van der Waals surface area contributed by atoms with E-state index in [9.17, 15) is 18.0 Å². The van der Waals surface area contributed by atoms with E-state index in [0.29, 0.717) is 17.4 Å². The molecule has 0 atom stereocenters. The first kappa shape index (κ1) is 25.1. The van der Waals surface area contributed by atoms with Crippen LogP contribution in [0, 0.1) is 0 Å². The van der Waals surface area contributed by atoms with Gasteiger partial charge in [-0.2, -0.15) is 0 Å². The summed E-state index contributed by atoms with van der Waals surface area (Å²) in [5.74, 6) is -0.720. The van der Waals surface area contributed by atoms with E-state index in [-0.39, 0.29) is 21.8 Å². The standard InChI is InChI=1S/C24H23ClN2O6S/c1-3-33-19-12-10-18(11-13-19)27(34(30,31)20-14-8-17(25)9-15-20)16-23(28)26-22-7-5-4-6-21(22)24(29)32-2/h4-15H,3,16H2,1-2H3,(H,26,28). The monoisotopic (exact) mass is 502 g/mol. The van der Waals surface area contributed by atoms with Gasteiger partial charge in [0.15, 0.2) is 0 Å². The summed E-state index contributed by atoms with van der Waals surface area (Å²) in [4.78, 5) is 24.9. The average molecular weight is 503 g/mol. The Morgan fingerprint density at radius 3 is 2.24 bits per heavy atom. The SMILES string of the molecule is CCOc1ccc(N(CC(=O)Nc2ccccc2C(=O)OC)S(=O)(=O)c2ccc(Cl)cc2)cc1. The molecule has 0 aromatic heterocycles. The van der Waals surface area contributed by atoms with Gasteiger partial charge < -0.3 is 14.8 Å². The third kappa shape index (κ3) is 5.86. The zero-order valence-corrected chi connectivity index (χ0v) is 20.1. The van der Waals surface area contributed by atoms with E-state index in [0.717, 1.165) is 4.31 Å². The largest absolute Gasteiger partial charge is 0.494 e. The van der Waals surface area contributed by atoms with Crippen LogP contribution in [0.1, 0.15) is 17.3 Å². The Hall–Kier alpha value is -3.56. The van der Waals surface area contributed by atoms with Gasteiger partial charge in [-0.05, 0) is 67.6 Å². The van der Waals surface area contributed by atoms with Gasteiger partial charge in [-0.15, -0.1) is 0 Å². The van der Waals surface area contributed by atoms with Crippen molar-refractivity contribution in [2.45, 2.75) is 11.8 Å². The highest BCUT2D eigenvalue weighted by Gasteiger charge is 2.28. The predicted molar refractivity (Wildman–Crippen MR) is 130 cm³/mol. The van der Waals surface area contributed by atoms with Gasteiger partial charge in [0.25, 0.3) is 10.0 Å². The minimum Gasteiger partial charge on any atom is -0.494 e. The molecule has 0 bridgehead atoms. The fourth-order valence-corrected chi connectivity index (χ4v) is 4.67. The Bertz CT molecular complexity index is 1260. The van der Waals surface area contributed by atoms with Gasteiger partial charge in [0.2, 0.25) is 5.91 Å². The highest BCUT2D eigenvalue weighted by atomic mass is 35.5. The van der Waals surface area contributed by atoms with Crippen molar-refractivity contribution in [1.82, 2.24) is 0 Å². The molecule has 0 saturated carbocycles. The van der Waals surface area contributed by atoms with Gasteiger partial charge in [0.05, 0.1) is 35.6 Å². The number of carbonyl (C=O) groups excluding carboxylic acids is 2. The number of esters is 1. The molecular formula is C24H23ClN2O6S. The summed E-state index contributed by atoms with van der Waals surface area (Å²) in [6.45, 7) is 1.74. The number of amides is 1. The molecule has 1 N–H and O–H groups in total. The fourth-order valence-electron chi connectivity index (χ4n) is 3.12. The molecule has 0 unspecified atom stereocenters. The number of rotatable bonds is 9. The van der Waals surface area contributed by atoms with E-state index >= 15 is 0 Å². The molecule has 0 aliphatic heterocycles. The zero-order valence-electron chi connectivity index (χ0n) is 18.5. The lowest BCUT2D eigenvalue weighted by Gasteiger charge is -2.24. The van der Waals surface area contributed by atoms with E-state index in [2.05, 4.69) is 5.32 Å². The Balaban J connectivity index is 1.95. The van der Waals surface area contributed by atoms with Crippen LogP contribution in [-0.2, 0) is 19.6 Å². The summed E-state index contributed by atoms with van der Waals surface area (Å²) in [7, 11) is -2.90. The first-order valence-electron chi connectivity index (χ1n) is 10.2. The minimum atomic E-state index is -4.13. The number of hydrogen-bond acceptors (Lipinski definition) is 6. The Kier molecular flexibility index (Phi) is 8.14. The first-order chi connectivity index (χ1) is 16.3. The number of methoxy groups -OCH3 is 1. The van der Waals surface area contributed by atoms with Crippen LogP contribution in [0.25, 0.3) is 0 Å². The van der Waals surface area contributed by atoms with Gasteiger partial charge in [-0.3, -0.25) is 9.10 Å². The van der Waals surface area contributed by atoms with Crippen molar-refractivity contribution in [1.29, 1.82) is 0 Å². The maximum atomic E-state index is 13.5. The molecule has 3 aromatic rings.